The van der Waals surface area contributed by atoms with E-state index in [4.69, 9.17) is 8.92 Å². The van der Waals surface area contributed by atoms with Gasteiger partial charge in [-0.3, -0.25) is 0 Å². The first kappa shape index (κ1) is 29.3. The number of aromatic hydroxyl groups is 3. The van der Waals surface area contributed by atoms with Crippen molar-refractivity contribution in [1.82, 2.24) is 0 Å². The molecule has 0 saturated carbocycles. The van der Waals surface area contributed by atoms with E-state index in [0.717, 1.165) is 29.3 Å². The molecular formula is C33H25F3O7S. The number of halogens is 3. The molecule has 2 aliphatic heterocycles. The summed E-state index contributed by atoms with van der Waals surface area (Å²) in [6.45, 7) is 0. The highest BCUT2D eigenvalue weighted by Gasteiger charge is 2.54. The Morgan fingerprint density at radius 2 is 1.34 bits per heavy atom. The van der Waals surface area contributed by atoms with Crippen LogP contribution in [0.3, 0.4) is 0 Å². The summed E-state index contributed by atoms with van der Waals surface area (Å²) < 4.78 is 79.0. The van der Waals surface area contributed by atoms with Crippen molar-refractivity contribution in [1.29, 1.82) is 0 Å². The van der Waals surface area contributed by atoms with Crippen LogP contribution in [0.4, 0.5) is 13.2 Å². The van der Waals surface area contributed by atoms with E-state index < -0.39 is 45.1 Å². The Kier molecular flexibility index (Phi) is 7.38. The molecule has 0 spiro atoms. The highest BCUT2D eigenvalue weighted by Crippen LogP contribution is 2.51. The number of alkyl halides is 3. The van der Waals surface area contributed by atoms with Gasteiger partial charge < -0.3 is 24.2 Å². The maximum Gasteiger partial charge on any atom is 0.420 e. The summed E-state index contributed by atoms with van der Waals surface area (Å²) in [4.78, 5) is 0. The van der Waals surface area contributed by atoms with Gasteiger partial charge in [0.15, 0.2) is 5.75 Å². The highest BCUT2D eigenvalue weighted by molar-refractivity contribution is 7.87. The lowest BCUT2D eigenvalue weighted by Crippen LogP contribution is -2.35. The lowest BCUT2D eigenvalue weighted by molar-refractivity contribution is -0.138. The van der Waals surface area contributed by atoms with E-state index in [1.807, 2.05) is 0 Å². The van der Waals surface area contributed by atoms with Crippen LogP contribution in [0, 0.1) is 0 Å². The van der Waals surface area contributed by atoms with E-state index >= 15 is 0 Å². The molecule has 7 nitrogen and oxygen atoms in total. The van der Waals surface area contributed by atoms with Crippen molar-refractivity contribution in [2.75, 3.05) is 0 Å². The minimum atomic E-state index is -4.81. The Morgan fingerprint density at radius 3 is 2.00 bits per heavy atom. The van der Waals surface area contributed by atoms with Gasteiger partial charge in [0.25, 0.3) is 0 Å². The summed E-state index contributed by atoms with van der Waals surface area (Å²) in [5.74, 6) is -0.919. The van der Waals surface area contributed by atoms with Crippen molar-refractivity contribution < 1.29 is 45.8 Å². The van der Waals surface area contributed by atoms with Gasteiger partial charge in [0.1, 0.15) is 28.6 Å². The number of fused-ring (bicyclic) bond motifs is 2. The Labute approximate surface area is 250 Å². The van der Waals surface area contributed by atoms with E-state index in [2.05, 4.69) is 0 Å². The van der Waals surface area contributed by atoms with Crippen LogP contribution in [0.5, 0.6) is 23.0 Å². The van der Waals surface area contributed by atoms with Crippen molar-refractivity contribution >= 4 is 33.4 Å². The molecule has 226 valence electrons. The second kappa shape index (κ2) is 11.1. The zero-order chi connectivity index (χ0) is 31.2. The monoisotopic (exact) mass is 622 g/mol. The van der Waals surface area contributed by atoms with Crippen molar-refractivity contribution in [3.05, 3.63) is 119 Å². The molecule has 4 aromatic carbocycles. The Balaban J connectivity index is 1.35. The lowest BCUT2D eigenvalue weighted by Gasteiger charge is -2.25. The number of ether oxygens (including phenoxy) is 1. The van der Waals surface area contributed by atoms with Crippen LogP contribution in [0.1, 0.15) is 34.2 Å². The zero-order valence-electron chi connectivity index (χ0n) is 22.8. The first-order valence-corrected chi connectivity index (χ1v) is 15.0. The molecule has 44 heavy (non-hydrogen) atoms. The first-order chi connectivity index (χ1) is 20.9. The van der Waals surface area contributed by atoms with Gasteiger partial charge in [0.05, 0.1) is 11.7 Å². The van der Waals surface area contributed by atoms with Crippen LogP contribution in [-0.4, -0.2) is 41.2 Å². The van der Waals surface area contributed by atoms with Gasteiger partial charge in [-0.1, -0.05) is 60.7 Å². The van der Waals surface area contributed by atoms with E-state index in [1.54, 1.807) is 48.6 Å². The Morgan fingerprint density at radius 1 is 0.750 bits per heavy atom. The third-order valence-corrected chi connectivity index (χ3v) is 9.15. The van der Waals surface area contributed by atoms with E-state index in [9.17, 15) is 36.9 Å². The van der Waals surface area contributed by atoms with E-state index in [1.165, 1.54) is 36.4 Å². The fraction of sp³-hybridized carbons (Fsp3) is 0.152. The molecule has 2 heterocycles. The van der Waals surface area contributed by atoms with Gasteiger partial charge in [-0.15, -0.1) is 0 Å². The molecule has 2 aliphatic rings. The van der Waals surface area contributed by atoms with Crippen molar-refractivity contribution in [2.24, 2.45) is 0 Å². The van der Waals surface area contributed by atoms with Gasteiger partial charge in [0.2, 0.25) is 0 Å². The number of phenolic OH excluding ortho intramolecular Hbond substituents is 3. The fourth-order valence-corrected chi connectivity index (χ4v) is 7.07. The predicted octanol–water partition coefficient (Wildman–Crippen LogP) is 6.85. The topological polar surface area (TPSA) is 113 Å². The molecule has 6 rings (SSSR count). The largest absolute Gasteiger partial charge is 0.508 e. The van der Waals surface area contributed by atoms with Gasteiger partial charge in [-0.2, -0.15) is 21.6 Å². The average molecular weight is 623 g/mol. The SMILES string of the molecule is O=S(=O)(Oc1ccccc1C(F)(F)F)C1CC2OC1C(c1ccc(/C=C/c3cc(O)cc(O)c3)cc1)=C2c1ccc(O)cc1. The molecule has 1 fully saturated rings. The molecule has 4 aromatic rings. The molecule has 0 amide bonds. The third kappa shape index (κ3) is 5.76. The third-order valence-electron chi connectivity index (χ3n) is 7.55. The van der Waals surface area contributed by atoms with Gasteiger partial charge in [-0.05, 0) is 69.8 Å². The second-order valence-corrected chi connectivity index (χ2v) is 12.3. The number of hydrogen-bond donors (Lipinski definition) is 3. The smallest absolute Gasteiger partial charge is 0.420 e. The molecule has 3 N–H and O–H groups in total. The quantitative estimate of drug-likeness (QED) is 0.153. The van der Waals surface area contributed by atoms with Crippen LogP contribution in [0.15, 0.2) is 91.0 Å². The highest BCUT2D eigenvalue weighted by atomic mass is 32.2. The van der Waals surface area contributed by atoms with Crippen LogP contribution >= 0.6 is 0 Å². The lowest BCUT2D eigenvalue weighted by atomic mass is 9.83. The summed E-state index contributed by atoms with van der Waals surface area (Å²) in [5.41, 5.74) is 2.77. The minimum absolute atomic E-state index is 0.0293. The number of rotatable bonds is 7. The summed E-state index contributed by atoms with van der Waals surface area (Å²) in [6.07, 6.45) is -3.08. The van der Waals surface area contributed by atoms with Gasteiger partial charge in [0, 0.05) is 12.5 Å². The normalized spacial score (nSPS) is 20.0. The maximum absolute atomic E-state index is 13.6. The van der Waals surface area contributed by atoms with Crippen LogP contribution in [-0.2, 0) is 21.0 Å². The zero-order valence-corrected chi connectivity index (χ0v) is 23.6. The molecule has 0 radical (unpaired) electrons. The molecule has 11 heteroatoms. The first-order valence-electron chi connectivity index (χ1n) is 13.5. The molecule has 0 aliphatic carbocycles. The van der Waals surface area contributed by atoms with Gasteiger partial charge >= 0.3 is 16.3 Å². The molecule has 1 saturated heterocycles. The predicted molar refractivity (Wildman–Crippen MR) is 158 cm³/mol. The average Bonchev–Trinajstić information content (AvgIpc) is 3.56. The molecule has 2 bridgehead atoms. The second-order valence-electron chi connectivity index (χ2n) is 10.5. The molecule has 3 unspecified atom stereocenters. The van der Waals surface area contributed by atoms with Gasteiger partial charge in [-0.25, -0.2) is 0 Å². The Bertz CT molecular complexity index is 1860. The number of phenols is 3. The maximum atomic E-state index is 13.6. The number of para-hydroxylation sites is 1. The van der Waals surface area contributed by atoms with Crippen molar-refractivity contribution in [3.63, 3.8) is 0 Å². The summed E-state index contributed by atoms with van der Waals surface area (Å²) in [5, 5.41) is 28.0. The number of hydrogen-bond acceptors (Lipinski definition) is 7. The summed E-state index contributed by atoms with van der Waals surface area (Å²) >= 11 is 0. The summed E-state index contributed by atoms with van der Waals surface area (Å²) in [7, 11) is -4.59. The van der Waals surface area contributed by atoms with E-state index in [-0.39, 0.29) is 23.7 Å². The van der Waals surface area contributed by atoms with Crippen LogP contribution in [0.2, 0.25) is 0 Å². The van der Waals surface area contributed by atoms with Crippen LogP contribution < -0.4 is 4.18 Å². The number of benzene rings is 4. The van der Waals surface area contributed by atoms with Crippen molar-refractivity contribution in [3.8, 4) is 23.0 Å². The Hall–Kier alpha value is -4.74. The molecular weight excluding hydrogens is 597 g/mol. The molecule has 3 atom stereocenters. The molecule has 0 aromatic heterocycles. The van der Waals surface area contributed by atoms with E-state index in [0.29, 0.717) is 22.3 Å². The fourth-order valence-electron chi connectivity index (χ4n) is 5.63. The van der Waals surface area contributed by atoms with Crippen LogP contribution in [0.25, 0.3) is 23.3 Å². The minimum Gasteiger partial charge on any atom is -0.508 e. The standard InChI is InChI=1S/C33H25F3O7S/c34-33(35,36)26-3-1-2-4-27(26)43-44(40,41)29-18-28-30(21-11-13-23(37)14-12-21)31(32(29)42-28)22-9-7-19(8-10-22)5-6-20-15-24(38)17-25(39)16-20/h1-17,28-29,32,37-39H,18H2/b6-5+. The summed E-state index contributed by atoms with van der Waals surface area (Å²) in [6, 6.07) is 21.9. The van der Waals surface area contributed by atoms with Crippen molar-refractivity contribution in [2.45, 2.75) is 30.1 Å².